The predicted octanol–water partition coefficient (Wildman–Crippen LogP) is 3.99. The number of hydrogen-bond donors (Lipinski definition) is 1. The monoisotopic (exact) mass is 344 g/mol. The number of ether oxygens (including phenoxy) is 1. The first-order valence-electron chi connectivity index (χ1n) is 8.30. The molecule has 0 unspecified atom stereocenters. The van der Waals surface area contributed by atoms with Crippen molar-refractivity contribution in [2.45, 2.75) is 13.0 Å². The molecule has 0 amide bonds. The molecule has 0 bridgehead atoms. The Bertz CT molecular complexity index is 1180. The molecule has 1 aromatic heterocycles. The van der Waals surface area contributed by atoms with Crippen molar-refractivity contribution in [3.05, 3.63) is 88.5 Å². The van der Waals surface area contributed by atoms with Gasteiger partial charge in [0.05, 0.1) is 16.5 Å². The maximum absolute atomic E-state index is 12.5. The van der Waals surface area contributed by atoms with Gasteiger partial charge in [0, 0.05) is 0 Å². The van der Waals surface area contributed by atoms with Crippen molar-refractivity contribution < 1.29 is 9.53 Å². The predicted molar refractivity (Wildman–Crippen MR) is 100 cm³/mol. The molecule has 1 heterocycles. The van der Waals surface area contributed by atoms with Crippen molar-refractivity contribution in [2.24, 2.45) is 0 Å². The van der Waals surface area contributed by atoms with Crippen LogP contribution in [0.15, 0.2) is 71.5 Å². The first-order chi connectivity index (χ1) is 12.6. The van der Waals surface area contributed by atoms with Gasteiger partial charge in [-0.25, -0.2) is 9.78 Å². The van der Waals surface area contributed by atoms with Gasteiger partial charge >= 0.3 is 5.97 Å². The van der Waals surface area contributed by atoms with E-state index >= 15 is 0 Å². The molecule has 0 fully saturated rings. The Hall–Kier alpha value is -3.47. The highest BCUT2D eigenvalue weighted by Crippen LogP contribution is 2.20. The van der Waals surface area contributed by atoms with Crippen LogP contribution >= 0.6 is 0 Å². The van der Waals surface area contributed by atoms with E-state index in [0.717, 1.165) is 10.8 Å². The average Bonchev–Trinajstić information content (AvgIpc) is 2.67. The Morgan fingerprint density at radius 3 is 2.58 bits per heavy atom. The van der Waals surface area contributed by atoms with E-state index in [1.807, 2.05) is 36.4 Å². The van der Waals surface area contributed by atoms with Crippen LogP contribution in [-0.2, 0) is 4.74 Å². The lowest BCUT2D eigenvalue weighted by molar-refractivity contribution is 0.0320. The number of benzene rings is 3. The Morgan fingerprint density at radius 1 is 1.00 bits per heavy atom. The molecule has 0 radical (unpaired) electrons. The van der Waals surface area contributed by atoms with Gasteiger partial charge in [0.15, 0.2) is 11.9 Å². The number of para-hydroxylation sites is 1. The molecule has 128 valence electrons. The molecular weight excluding hydrogens is 328 g/mol. The first-order valence-corrected chi connectivity index (χ1v) is 8.30. The lowest BCUT2D eigenvalue weighted by atomic mass is 10.1. The number of aromatic amines is 1. The number of nitrogens with one attached hydrogen (secondary N) is 1. The van der Waals surface area contributed by atoms with Gasteiger partial charge in [0.2, 0.25) is 0 Å². The van der Waals surface area contributed by atoms with Crippen LogP contribution in [0.1, 0.15) is 29.2 Å². The van der Waals surface area contributed by atoms with Crippen molar-refractivity contribution in [3.8, 4) is 0 Å². The van der Waals surface area contributed by atoms with Crippen molar-refractivity contribution >= 4 is 27.6 Å². The van der Waals surface area contributed by atoms with E-state index in [2.05, 4.69) is 9.97 Å². The van der Waals surface area contributed by atoms with Gasteiger partial charge in [-0.2, -0.15) is 0 Å². The first kappa shape index (κ1) is 16.0. The molecule has 5 heteroatoms. The smallest absolute Gasteiger partial charge is 0.338 e. The molecule has 1 atom stereocenters. The minimum absolute atomic E-state index is 0.251. The van der Waals surface area contributed by atoms with E-state index < -0.39 is 12.1 Å². The summed E-state index contributed by atoms with van der Waals surface area (Å²) in [5, 5.41) is 2.52. The average molecular weight is 344 g/mol. The molecule has 0 spiro atoms. The number of carbonyl (C=O) groups excluding carboxylic acids is 1. The molecular formula is C21H16N2O3. The summed E-state index contributed by atoms with van der Waals surface area (Å²) in [6.07, 6.45) is -0.675. The standard InChI is InChI=1S/C21H16N2O3/c1-13(19-22-18-9-5-4-8-17(18)20(24)23-19)26-21(25)16-11-10-14-6-2-3-7-15(14)12-16/h2-13H,1H3,(H,22,23,24)/t13-/m0/s1. The van der Waals surface area contributed by atoms with Crippen LogP contribution in [0.4, 0.5) is 0 Å². The summed E-state index contributed by atoms with van der Waals surface area (Å²) in [6, 6.07) is 20.2. The second-order valence-corrected chi connectivity index (χ2v) is 6.08. The normalized spacial score (nSPS) is 12.2. The van der Waals surface area contributed by atoms with Crippen LogP contribution in [0.2, 0.25) is 0 Å². The number of hydrogen-bond acceptors (Lipinski definition) is 4. The zero-order valence-corrected chi connectivity index (χ0v) is 14.1. The third-order valence-electron chi connectivity index (χ3n) is 4.29. The molecule has 5 nitrogen and oxygen atoms in total. The number of nitrogens with zero attached hydrogens (tertiary/aromatic N) is 1. The van der Waals surface area contributed by atoms with Gasteiger partial charge in [0.1, 0.15) is 0 Å². The molecule has 0 saturated heterocycles. The number of H-pyrrole nitrogens is 1. The van der Waals surface area contributed by atoms with Crippen molar-refractivity contribution in [1.29, 1.82) is 0 Å². The fourth-order valence-corrected chi connectivity index (χ4v) is 2.90. The number of fused-ring (bicyclic) bond motifs is 2. The second kappa shape index (κ2) is 6.44. The third-order valence-corrected chi connectivity index (χ3v) is 4.29. The summed E-state index contributed by atoms with van der Waals surface area (Å²) in [5.74, 6) is -0.137. The second-order valence-electron chi connectivity index (χ2n) is 6.08. The molecule has 0 aliphatic carbocycles. The lowest BCUT2D eigenvalue weighted by Crippen LogP contribution is -2.17. The molecule has 4 rings (SSSR count). The van der Waals surface area contributed by atoms with Crippen LogP contribution in [0.25, 0.3) is 21.7 Å². The highest BCUT2D eigenvalue weighted by Gasteiger charge is 2.17. The molecule has 3 aromatic carbocycles. The lowest BCUT2D eigenvalue weighted by Gasteiger charge is -2.13. The molecule has 0 saturated carbocycles. The van der Waals surface area contributed by atoms with Gasteiger partial charge in [-0.15, -0.1) is 0 Å². The molecule has 1 N–H and O–H groups in total. The van der Waals surface area contributed by atoms with Gasteiger partial charge in [0.25, 0.3) is 5.56 Å². The Morgan fingerprint density at radius 2 is 1.73 bits per heavy atom. The van der Waals surface area contributed by atoms with Crippen molar-refractivity contribution in [3.63, 3.8) is 0 Å². The summed E-state index contributed by atoms with van der Waals surface area (Å²) in [5.41, 5.74) is 0.776. The number of carbonyl (C=O) groups is 1. The zero-order valence-electron chi connectivity index (χ0n) is 14.1. The van der Waals surface area contributed by atoms with Crippen molar-refractivity contribution in [2.75, 3.05) is 0 Å². The highest BCUT2D eigenvalue weighted by molar-refractivity contribution is 5.95. The maximum Gasteiger partial charge on any atom is 0.338 e. The van der Waals surface area contributed by atoms with Crippen LogP contribution in [-0.4, -0.2) is 15.9 Å². The topological polar surface area (TPSA) is 72.0 Å². The zero-order chi connectivity index (χ0) is 18.1. The van der Waals surface area contributed by atoms with E-state index in [-0.39, 0.29) is 5.56 Å². The highest BCUT2D eigenvalue weighted by atomic mass is 16.5. The fraction of sp³-hybridized carbons (Fsp3) is 0.0952. The Labute approximate surface area is 149 Å². The Balaban J connectivity index is 1.61. The van der Waals surface area contributed by atoms with Gasteiger partial charge in [-0.05, 0) is 42.0 Å². The molecule has 4 aromatic rings. The van der Waals surface area contributed by atoms with E-state index in [1.54, 1.807) is 37.3 Å². The van der Waals surface area contributed by atoms with Crippen LogP contribution in [0.5, 0.6) is 0 Å². The summed E-state index contributed by atoms with van der Waals surface area (Å²) < 4.78 is 5.50. The summed E-state index contributed by atoms with van der Waals surface area (Å²) >= 11 is 0. The quantitative estimate of drug-likeness (QED) is 0.570. The number of esters is 1. The molecule has 0 aliphatic rings. The SMILES string of the molecule is C[C@H](OC(=O)c1ccc2ccccc2c1)c1nc2ccccc2c(=O)[nH]1. The third kappa shape index (κ3) is 2.95. The van der Waals surface area contributed by atoms with Gasteiger partial charge in [-0.1, -0.05) is 42.5 Å². The van der Waals surface area contributed by atoms with E-state index in [1.165, 1.54) is 0 Å². The minimum atomic E-state index is -0.675. The maximum atomic E-state index is 12.5. The summed E-state index contributed by atoms with van der Waals surface area (Å²) in [7, 11) is 0. The van der Waals surface area contributed by atoms with Crippen LogP contribution in [0.3, 0.4) is 0 Å². The van der Waals surface area contributed by atoms with Gasteiger partial charge < -0.3 is 9.72 Å². The number of aromatic nitrogens is 2. The van der Waals surface area contributed by atoms with Crippen LogP contribution in [0, 0.1) is 0 Å². The van der Waals surface area contributed by atoms with E-state index in [9.17, 15) is 9.59 Å². The summed E-state index contributed by atoms with van der Waals surface area (Å²) in [6.45, 7) is 1.69. The summed E-state index contributed by atoms with van der Waals surface area (Å²) in [4.78, 5) is 31.7. The largest absolute Gasteiger partial charge is 0.451 e. The minimum Gasteiger partial charge on any atom is -0.451 e. The molecule has 26 heavy (non-hydrogen) atoms. The van der Waals surface area contributed by atoms with E-state index in [0.29, 0.717) is 22.3 Å². The van der Waals surface area contributed by atoms with Crippen LogP contribution < -0.4 is 5.56 Å². The fourth-order valence-electron chi connectivity index (χ4n) is 2.90. The van der Waals surface area contributed by atoms with E-state index in [4.69, 9.17) is 4.74 Å². The van der Waals surface area contributed by atoms with Gasteiger partial charge in [-0.3, -0.25) is 4.79 Å². The number of rotatable bonds is 3. The molecule has 0 aliphatic heterocycles. The van der Waals surface area contributed by atoms with Crippen molar-refractivity contribution in [1.82, 2.24) is 9.97 Å². The Kier molecular flexibility index (Phi) is 3.97.